The summed E-state index contributed by atoms with van der Waals surface area (Å²) in [4.78, 5) is 29.3. The van der Waals surface area contributed by atoms with E-state index >= 15 is 0 Å². The van der Waals surface area contributed by atoms with Gasteiger partial charge in [0.25, 0.3) is 0 Å². The van der Waals surface area contributed by atoms with Crippen molar-refractivity contribution >= 4 is 17.5 Å². The molecule has 6 heteroatoms. The Labute approximate surface area is 124 Å². The topological polar surface area (TPSA) is 71.5 Å². The van der Waals surface area contributed by atoms with Crippen molar-refractivity contribution in [2.45, 2.75) is 19.8 Å². The van der Waals surface area contributed by atoms with Crippen LogP contribution in [-0.2, 0) is 9.59 Å². The van der Waals surface area contributed by atoms with E-state index in [0.717, 1.165) is 6.42 Å². The number of carbonyl (C=O) groups is 2. The molecule has 0 saturated heterocycles. The second-order valence-corrected chi connectivity index (χ2v) is 5.37. The van der Waals surface area contributed by atoms with Gasteiger partial charge in [-0.1, -0.05) is 6.92 Å². The van der Waals surface area contributed by atoms with Gasteiger partial charge in [0.2, 0.25) is 17.7 Å². The molecule has 0 aromatic carbocycles. The summed E-state index contributed by atoms with van der Waals surface area (Å²) in [5.41, 5.74) is 0.697. The van der Waals surface area contributed by atoms with E-state index < -0.39 is 0 Å². The molecule has 21 heavy (non-hydrogen) atoms. The van der Waals surface area contributed by atoms with E-state index in [4.69, 9.17) is 4.74 Å². The van der Waals surface area contributed by atoms with Gasteiger partial charge in [0.05, 0.1) is 19.0 Å². The molecule has 1 saturated carbocycles. The largest absolute Gasteiger partial charge is 0.481 e. The fraction of sp³-hybridized carbons (Fsp3) is 0.533. The molecule has 1 fully saturated rings. The Bertz CT molecular complexity index is 515. The highest BCUT2D eigenvalue weighted by Gasteiger charge is 2.38. The van der Waals surface area contributed by atoms with Gasteiger partial charge in [-0.05, 0) is 18.4 Å². The summed E-state index contributed by atoms with van der Waals surface area (Å²) in [7, 11) is 3.23. The summed E-state index contributed by atoms with van der Waals surface area (Å²) >= 11 is 0. The Kier molecular flexibility index (Phi) is 4.77. The zero-order chi connectivity index (χ0) is 15.4. The lowest BCUT2D eigenvalue weighted by molar-refractivity contribution is -0.122. The fourth-order valence-corrected chi connectivity index (χ4v) is 2.11. The molecular weight excluding hydrogens is 270 g/mol. The van der Waals surface area contributed by atoms with Crippen LogP contribution in [0.5, 0.6) is 5.88 Å². The monoisotopic (exact) mass is 291 g/mol. The number of pyridine rings is 1. The van der Waals surface area contributed by atoms with Crippen molar-refractivity contribution in [3.63, 3.8) is 0 Å². The van der Waals surface area contributed by atoms with Crippen molar-refractivity contribution in [3.05, 3.63) is 18.3 Å². The molecule has 2 amide bonds. The number of ether oxygens (including phenoxy) is 1. The minimum absolute atomic E-state index is 0.0593. The summed E-state index contributed by atoms with van der Waals surface area (Å²) in [5, 5.41) is 2.81. The average molecular weight is 291 g/mol. The number of nitrogens with one attached hydrogen (secondary N) is 1. The van der Waals surface area contributed by atoms with Gasteiger partial charge in [0.1, 0.15) is 0 Å². The van der Waals surface area contributed by atoms with E-state index in [9.17, 15) is 9.59 Å². The highest BCUT2D eigenvalue weighted by molar-refractivity contribution is 5.93. The van der Waals surface area contributed by atoms with Crippen LogP contribution >= 0.6 is 0 Å². The van der Waals surface area contributed by atoms with Crippen molar-refractivity contribution in [2.24, 2.45) is 11.8 Å². The SMILES string of the molecule is COc1ccc(N(C)C(=O)CCNC(=O)[C@H]2C[C@H]2C)cn1. The maximum absolute atomic E-state index is 12.0. The molecule has 1 aliphatic carbocycles. The first-order valence-electron chi connectivity index (χ1n) is 7.07. The van der Waals surface area contributed by atoms with Crippen LogP contribution in [0.15, 0.2) is 18.3 Å². The minimum Gasteiger partial charge on any atom is -0.481 e. The normalized spacial score (nSPS) is 19.8. The molecule has 0 bridgehead atoms. The summed E-state index contributed by atoms with van der Waals surface area (Å²) in [6.45, 7) is 2.43. The lowest BCUT2D eigenvalue weighted by Gasteiger charge is -2.17. The number of amides is 2. The standard InChI is InChI=1S/C15H21N3O3/c1-10-8-12(10)15(20)16-7-6-14(19)18(2)11-4-5-13(21-3)17-9-11/h4-5,9-10,12H,6-8H2,1-3H3,(H,16,20)/t10-,12+/m1/s1. The third-order valence-electron chi connectivity index (χ3n) is 3.78. The van der Waals surface area contributed by atoms with Crippen LogP contribution < -0.4 is 15.0 Å². The molecule has 1 N–H and O–H groups in total. The number of anilines is 1. The summed E-state index contributed by atoms with van der Waals surface area (Å²) in [6.07, 6.45) is 2.81. The molecule has 0 unspecified atom stereocenters. The Morgan fingerprint density at radius 3 is 2.71 bits per heavy atom. The molecule has 1 aliphatic rings. The van der Waals surface area contributed by atoms with Crippen molar-refractivity contribution in [2.75, 3.05) is 25.6 Å². The quantitative estimate of drug-likeness (QED) is 0.855. The van der Waals surface area contributed by atoms with Crippen molar-refractivity contribution < 1.29 is 14.3 Å². The van der Waals surface area contributed by atoms with Gasteiger partial charge in [-0.25, -0.2) is 4.98 Å². The number of aromatic nitrogens is 1. The van der Waals surface area contributed by atoms with Crippen LogP contribution in [0.1, 0.15) is 19.8 Å². The fourth-order valence-electron chi connectivity index (χ4n) is 2.11. The number of hydrogen-bond acceptors (Lipinski definition) is 4. The van der Waals surface area contributed by atoms with Crippen molar-refractivity contribution in [3.8, 4) is 5.88 Å². The third kappa shape index (κ3) is 3.93. The molecule has 114 valence electrons. The number of carbonyl (C=O) groups excluding carboxylic acids is 2. The first kappa shape index (κ1) is 15.3. The lowest BCUT2D eigenvalue weighted by atomic mass is 10.3. The second-order valence-electron chi connectivity index (χ2n) is 5.37. The van der Waals surface area contributed by atoms with Crippen LogP contribution in [0.4, 0.5) is 5.69 Å². The van der Waals surface area contributed by atoms with Crippen LogP contribution in [0.25, 0.3) is 0 Å². The first-order valence-corrected chi connectivity index (χ1v) is 7.07. The molecule has 0 aliphatic heterocycles. The van der Waals surface area contributed by atoms with E-state index in [-0.39, 0.29) is 24.2 Å². The predicted molar refractivity (Wildman–Crippen MR) is 79.1 cm³/mol. The number of methoxy groups -OCH3 is 1. The van der Waals surface area contributed by atoms with Gasteiger partial charge in [-0.3, -0.25) is 9.59 Å². The summed E-state index contributed by atoms with van der Waals surface area (Å²) in [6, 6.07) is 3.48. The number of rotatable bonds is 6. The highest BCUT2D eigenvalue weighted by atomic mass is 16.5. The average Bonchev–Trinajstić information content (AvgIpc) is 3.23. The molecule has 6 nitrogen and oxygen atoms in total. The van der Waals surface area contributed by atoms with Gasteiger partial charge < -0.3 is 15.0 Å². The Hall–Kier alpha value is -2.11. The summed E-state index contributed by atoms with van der Waals surface area (Å²) < 4.78 is 4.98. The minimum atomic E-state index is -0.0638. The van der Waals surface area contributed by atoms with Crippen molar-refractivity contribution in [1.82, 2.24) is 10.3 Å². The molecule has 0 radical (unpaired) electrons. The summed E-state index contributed by atoms with van der Waals surface area (Å²) in [5.74, 6) is 1.12. The van der Waals surface area contributed by atoms with Gasteiger partial charge in [-0.15, -0.1) is 0 Å². The second kappa shape index (κ2) is 6.56. The van der Waals surface area contributed by atoms with Crippen molar-refractivity contribution in [1.29, 1.82) is 0 Å². The number of nitrogens with zero attached hydrogens (tertiary/aromatic N) is 2. The molecule has 2 atom stereocenters. The molecule has 1 aromatic rings. The zero-order valence-electron chi connectivity index (χ0n) is 12.6. The molecule has 0 spiro atoms. The van der Waals surface area contributed by atoms with Crippen LogP contribution in [0.3, 0.4) is 0 Å². The van der Waals surface area contributed by atoms with Gasteiger partial charge >= 0.3 is 0 Å². The van der Waals surface area contributed by atoms with Gasteiger partial charge in [-0.2, -0.15) is 0 Å². The van der Waals surface area contributed by atoms with Gasteiger partial charge in [0.15, 0.2) is 0 Å². The lowest BCUT2D eigenvalue weighted by Crippen LogP contribution is -2.32. The van der Waals surface area contributed by atoms with Crippen LogP contribution in [0, 0.1) is 11.8 Å². The van der Waals surface area contributed by atoms with E-state index in [1.165, 1.54) is 4.90 Å². The van der Waals surface area contributed by atoms with E-state index in [1.807, 2.05) is 0 Å². The molecule has 1 aromatic heterocycles. The predicted octanol–water partition coefficient (Wildman–Crippen LogP) is 1.22. The van der Waals surface area contributed by atoms with E-state index in [2.05, 4.69) is 17.2 Å². The molecule has 1 heterocycles. The van der Waals surface area contributed by atoms with Gasteiger partial charge in [0, 0.05) is 32.0 Å². The molecule has 2 rings (SSSR count). The zero-order valence-corrected chi connectivity index (χ0v) is 12.6. The maximum Gasteiger partial charge on any atom is 0.228 e. The number of hydrogen-bond donors (Lipinski definition) is 1. The maximum atomic E-state index is 12.0. The van der Waals surface area contributed by atoms with E-state index in [0.29, 0.717) is 24.0 Å². The first-order chi connectivity index (χ1) is 10.0. The highest BCUT2D eigenvalue weighted by Crippen LogP contribution is 2.37. The Morgan fingerprint density at radius 1 is 1.48 bits per heavy atom. The smallest absolute Gasteiger partial charge is 0.228 e. The molecular formula is C15H21N3O3. The van der Waals surface area contributed by atoms with Crippen LogP contribution in [0.2, 0.25) is 0 Å². The third-order valence-corrected chi connectivity index (χ3v) is 3.78. The van der Waals surface area contributed by atoms with E-state index in [1.54, 1.807) is 32.5 Å². The Balaban J connectivity index is 1.77. The Morgan fingerprint density at radius 2 is 2.19 bits per heavy atom. The van der Waals surface area contributed by atoms with Crippen LogP contribution in [-0.4, -0.2) is 37.5 Å².